The molecule has 1 rings (SSSR count). The standard InChI is InChI=1S/C11H16ClNOS/c1-8(2)6-15(14)7-9-3-4-10(13)5-11(9)12/h3-5,8H,6-7,13H2,1-2H3. The fourth-order valence-corrected chi connectivity index (χ4v) is 3.08. The van der Waals surface area contributed by atoms with Crippen molar-refractivity contribution in [3.05, 3.63) is 28.8 Å². The smallest absolute Gasteiger partial charge is 0.0500 e. The summed E-state index contributed by atoms with van der Waals surface area (Å²) in [6, 6.07) is 5.33. The molecule has 1 aromatic rings. The van der Waals surface area contributed by atoms with Crippen LogP contribution in [-0.2, 0) is 16.6 Å². The van der Waals surface area contributed by atoms with Gasteiger partial charge in [0.15, 0.2) is 0 Å². The zero-order valence-corrected chi connectivity index (χ0v) is 10.6. The summed E-state index contributed by atoms with van der Waals surface area (Å²) in [6.45, 7) is 4.12. The van der Waals surface area contributed by atoms with Crippen LogP contribution in [0.5, 0.6) is 0 Å². The summed E-state index contributed by atoms with van der Waals surface area (Å²) in [5.41, 5.74) is 7.12. The van der Waals surface area contributed by atoms with Crippen LogP contribution in [0.2, 0.25) is 5.02 Å². The summed E-state index contributed by atoms with van der Waals surface area (Å²) < 4.78 is 11.7. The number of hydrogen-bond donors (Lipinski definition) is 1. The molecule has 0 amide bonds. The third-order valence-electron chi connectivity index (χ3n) is 1.91. The van der Waals surface area contributed by atoms with Crippen LogP contribution in [-0.4, -0.2) is 9.96 Å². The maximum absolute atomic E-state index is 11.7. The largest absolute Gasteiger partial charge is 0.399 e. The number of anilines is 1. The van der Waals surface area contributed by atoms with E-state index in [0.717, 1.165) is 5.56 Å². The van der Waals surface area contributed by atoms with E-state index in [1.807, 2.05) is 6.07 Å². The second kappa shape index (κ2) is 5.52. The van der Waals surface area contributed by atoms with Crippen LogP contribution in [0.25, 0.3) is 0 Å². The van der Waals surface area contributed by atoms with Gasteiger partial charge in [-0.05, 0) is 23.6 Å². The lowest BCUT2D eigenvalue weighted by Crippen LogP contribution is -2.07. The molecule has 15 heavy (non-hydrogen) atoms. The number of nitrogens with two attached hydrogens (primary N) is 1. The van der Waals surface area contributed by atoms with Crippen molar-refractivity contribution < 1.29 is 4.21 Å². The number of hydrogen-bond acceptors (Lipinski definition) is 2. The zero-order valence-electron chi connectivity index (χ0n) is 9.00. The topological polar surface area (TPSA) is 43.1 Å². The lowest BCUT2D eigenvalue weighted by atomic mass is 10.2. The van der Waals surface area contributed by atoms with Crippen LogP contribution >= 0.6 is 11.6 Å². The van der Waals surface area contributed by atoms with Gasteiger partial charge in [-0.25, -0.2) is 0 Å². The first-order valence-corrected chi connectivity index (χ1v) is 6.74. The van der Waals surface area contributed by atoms with Crippen molar-refractivity contribution in [2.75, 3.05) is 11.5 Å². The average molecular weight is 246 g/mol. The molecule has 0 aromatic heterocycles. The second-order valence-corrected chi connectivity index (χ2v) is 5.90. The zero-order chi connectivity index (χ0) is 11.4. The first kappa shape index (κ1) is 12.5. The maximum atomic E-state index is 11.7. The van der Waals surface area contributed by atoms with Gasteiger partial charge in [0.05, 0.1) is 5.75 Å². The molecule has 0 aliphatic rings. The van der Waals surface area contributed by atoms with E-state index in [1.54, 1.807) is 12.1 Å². The van der Waals surface area contributed by atoms with Gasteiger partial charge in [-0.1, -0.05) is 31.5 Å². The minimum absolute atomic E-state index is 0.443. The van der Waals surface area contributed by atoms with Gasteiger partial charge in [-0.2, -0.15) is 0 Å². The molecule has 0 aliphatic carbocycles. The minimum Gasteiger partial charge on any atom is -0.399 e. The van der Waals surface area contributed by atoms with Gasteiger partial charge in [0.2, 0.25) is 0 Å². The third-order valence-corrected chi connectivity index (χ3v) is 3.94. The molecule has 0 radical (unpaired) electrons. The molecule has 2 nitrogen and oxygen atoms in total. The fourth-order valence-electron chi connectivity index (χ4n) is 1.28. The number of rotatable bonds is 4. The van der Waals surface area contributed by atoms with Crippen molar-refractivity contribution >= 4 is 28.1 Å². The van der Waals surface area contributed by atoms with E-state index in [2.05, 4.69) is 13.8 Å². The highest BCUT2D eigenvalue weighted by Crippen LogP contribution is 2.20. The fraction of sp³-hybridized carbons (Fsp3) is 0.455. The van der Waals surface area contributed by atoms with Crippen molar-refractivity contribution in [3.63, 3.8) is 0 Å². The molecule has 0 aliphatic heterocycles. The Balaban J connectivity index is 2.68. The monoisotopic (exact) mass is 245 g/mol. The number of halogens is 1. The Morgan fingerprint density at radius 3 is 2.67 bits per heavy atom. The van der Waals surface area contributed by atoms with Crippen molar-refractivity contribution in [2.45, 2.75) is 19.6 Å². The normalized spacial score (nSPS) is 13.1. The van der Waals surface area contributed by atoms with E-state index in [-0.39, 0.29) is 0 Å². The molecule has 0 saturated carbocycles. The molecule has 0 heterocycles. The Morgan fingerprint density at radius 2 is 2.13 bits per heavy atom. The van der Waals surface area contributed by atoms with Crippen molar-refractivity contribution in [1.29, 1.82) is 0 Å². The number of benzene rings is 1. The molecule has 0 spiro atoms. The lowest BCUT2D eigenvalue weighted by Gasteiger charge is -2.07. The van der Waals surface area contributed by atoms with Gasteiger partial charge in [0.25, 0.3) is 0 Å². The summed E-state index contributed by atoms with van der Waals surface area (Å²) in [7, 11) is -0.843. The quantitative estimate of drug-likeness (QED) is 0.829. The highest BCUT2D eigenvalue weighted by Gasteiger charge is 2.07. The first-order valence-electron chi connectivity index (χ1n) is 4.88. The van der Waals surface area contributed by atoms with Crippen LogP contribution in [0, 0.1) is 5.92 Å². The summed E-state index contributed by atoms with van der Waals surface area (Å²) in [5.74, 6) is 1.66. The SMILES string of the molecule is CC(C)CS(=O)Cc1ccc(N)cc1Cl. The van der Waals surface area contributed by atoms with Crippen molar-refractivity contribution in [2.24, 2.45) is 5.92 Å². The van der Waals surface area contributed by atoms with Crippen LogP contribution in [0.1, 0.15) is 19.4 Å². The number of nitrogen functional groups attached to an aromatic ring is 1. The average Bonchev–Trinajstić information content (AvgIpc) is 2.08. The van der Waals surface area contributed by atoms with Gasteiger partial charge in [0, 0.05) is 27.3 Å². The second-order valence-electron chi connectivity index (χ2n) is 4.00. The van der Waals surface area contributed by atoms with E-state index in [4.69, 9.17) is 17.3 Å². The van der Waals surface area contributed by atoms with Crippen molar-refractivity contribution in [1.82, 2.24) is 0 Å². The predicted octanol–water partition coefficient (Wildman–Crippen LogP) is 2.83. The molecule has 0 saturated heterocycles. The molecule has 1 atom stereocenters. The molecule has 4 heteroatoms. The Kier molecular flexibility index (Phi) is 4.61. The van der Waals surface area contributed by atoms with E-state index < -0.39 is 10.8 Å². The molecule has 1 aromatic carbocycles. The maximum Gasteiger partial charge on any atom is 0.0500 e. The van der Waals surface area contributed by atoms with Crippen molar-refractivity contribution in [3.8, 4) is 0 Å². The van der Waals surface area contributed by atoms with E-state index in [9.17, 15) is 4.21 Å². The first-order chi connectivity index (χ1) is 6.99. The molecule has 2 N–H and O–H groups in total. The van der Waals surface area contributed by atoms with E-state index in [1.165, 1.54) is 0 Å². The Labute approximate surface area is 98.3 Å². The summed E-state index contributed by atoms with van der Waals surface area (Å²) in [4.78, 5) is 0. The van der Waals surface area contributed by atoms with Gasteiger partial charge >= 0.3 is 0 Å². The third kappa shape index (κ3) is 4.22. The van der Waals surface area contributed by atoms with Crippen LogP contribution < -0.4 is 5.73 Å². The lowest BCUT2D eigenvalue weighted by molar-refractivity contribution is 0.664. The molecule has 0 bridgehead atoms. The highest BCUT2D eigenvalue weighted by atomic mass is 35.5. The summed E-state index contributed by atoms with van der Waals surface area (Å²) in [6.07, 6.45) is 0. The summed E-state index contributed by atoms with van der Waals surface area (Å²) >= 11 is 6.00. The minimum atomic E-state index is -0.843. The van der Waals surface area contributed by atoms with Gasteiger partial charge in [-0.3, -0.25) is 4.21 Å². The summed E-state index contributed by atoms with van der Waals surface area (Å²) in [5, 5.41) is 0.604. The predicted molar refractivity (Wildman–Crippen MR) is 67.4 cm³/mol. The molecule has 0 fully saturated rings. The van der Waals surface area contributed by atoms with Crippen LogP contribution in [0.4, 0.5) is 5.69 Å². The Hall–Kier alpha value is -0.540. The van der Waals surface area contributed by atoms with E-state index in [0.29, 0.717) is 28.1 Å². The Bertz CT molecular complexity index is 366. The molecular weight excluding hydrogens is 230 g/mol. The molecule has 84 valence electrons. The van der Waals surface area contributed by atoms with Gasteiger partial charge in [0.1, 0.15) is 0 Å². The molecular formula is C11H16ClNOS. The van der Waals surface area contributed by atoms with E-state index >= 15 is 0 Å². The molecule has 1 unspecified atom stereocenters. The highest BCUT2D eigenvalue weighted by molar-refractivity contribution is 7.84. The van der Waals surface area contributed by atoms with Gasteiger partial charge < -0.3 is 5.73 Å². The van der Waals surface area contributed by atoms with Crippen LogP contribution in [0.3, 0.4) is 0 Å². The van der Waals surface area contributed by atoms with Gasteiger partial charge in [-0.15, -0.1) is 0 Å². The van der Waals surface area contributed by atoms with Crippen LogP contribution in [0.15, 0.2) is 18.2 Å². The Morgan fingerprint density at radius 1 is 1.47 bits per heavy atom.